The highest BCUT2D eigenvalue weighted by Crippen LogP contribution is 2.37. The number of benzene rings is 2. The zero-order chi connectivity index (χ0) is 18.0. The number of carbonyl (C=O) groups excluding carboxylic acids is 2. The van der Waals surface area contributed by atoms with Crippen LogP contribution in [0.5, 0.6) is 5.75 Å². The van der Waals surface area contributed by atoms with Gasteiger partial charge in [0.25, 0.3) is 5.91 Å². The summed E-state index contributed by atoms with van der Waals surface area (Å²) in [5, 5.41) is 3.46. The predicted molar refractivity (Wildman–Crippen MR) is 98.1 cm³/mol. The monoisotopic (exact) mass is 358 g/mol. The molecular weight excluding hydrogens is 340 g/mol. The van der Waals surface area contributed by atoms with Crippen LogP contribution >= 0.6 is 11.6 Å². The van der Waals surface area contributed by atoms with Gasteiger partial charge in [-0.3, -0.25) is 9.59 Å². The van der Waals surface area contributed by atoms with Crippen molar-refractivity contribution in [3.63, 3.8) is 0 Å². The van der Waals surface area contributed by atoms with Gasteiger partial charge in [0.15, 0.2) is 6.10 Å². The van der Waals surface area contributed by atoms with E-state index in [1.807, 2.05) is 12.1 Å². The zero-order valence-electron chi connectivity index (χ0n) is 14.1. The molecule has 0 saturated carbocycles. The molecule has 1 aliphatic heterocycles. The van der Waals surface area contributed by atoms with Crippen LogP contribution in [0.1, 0.15) is 25.8 Å². The van der Waals surface area contributed by atoms with E-state index in [4.69, 9.17) is 16.3 Å². The molecule has 1 unspecified atom stereocenters. The normalized spacial score (nSPS) is 16.2. The van der Waals surface area contributed by atoms with Crippen molar-refractivity contribution in [1.82, 2.24) is 0 Å². The molecule has 0 bridgehead atoms. The molecule has 2 aromatic rings. The maximum absolute atomic E-state index is 12.6. The number of ether oxygens (including phenoxy) is 1. The third-order valence-corrected chi connectivity index (χ3v) is 4.28. The first kappa shape index (κ1) is 17.3. The van der Waals surface area contributed by atoms with E-state index in [0.29, 0.717) is 35.1 Å². The number of amides is 2. The van der Waals surface area contributed by atoms with Crippen LogP contribution < -0.4 is 15.0 Å². The van der Waals surface area contributed by atoms with E-state index >= 15 is 0 Å². The molecule has 0 spiro atoms. The van der Waals surface area contributed by atoms with Gasteiger partial charge in [-0.25, -0.2) is 0 Å². The average molecular weight is 359 g/mol. The number of hydrogen-bond donors (Lipinski definition) is 1. The molecule has 6 heteroatoms. The Hall–Kier alpha value is -2.53. The Labute approximate surface area is 151 Å². The second-order valence-corrected chi connectivity index (χ2v) is 6.33. The Kier molecular flexibility index (Phi) is 4.95. The van der Waals surface area contributed by atoms with E-state index in [2.05, 4.69) is 5.32 Å². The third-order valence-electron chi connectivity index (χ3n) is 4.03. The number of anilines is 2. The molecule has 3 rings (SSSR count). The molecule has 0 fully saturated rings. The van der Waals surface area contributed by atoms with Gasteiger partial charge in [0.1, 0.15) is 5.75 Å². The number of rotatable bonds is 4. The summed E-state index contributed by atoms with van der Waals surface area (Å²) in [6, 6.07) is 12.7. The summed E-state index contributed by atoms with van der Waals surface area (Å²) in [5.41, 5.74) is 2.24. The Morgan fingerprint density at radius 1 is 1.24 bits per heavy atom. The molecule has 0 aromatic heterocycles. The predicted octanol–water partition coefficient (Wildman–Crippen LogP) is 4.00. The number of nitrogens with one attached hydrogen (secondary N) is 1. The highest BCUT2D eigenvalue weighted by Gasteiger charge is 2.31. The van der Waals surface area contributed by atoms with E-state index in [-0.39, 0.29) is 11.8 Å². The van der Waals surface area contributed by atoms with Gasteiger partial charge < -0.3 is 15.0 Å². The Morgan fingerprint density at radius 3 is 2.64 bits per heavy atom. The summed E-state index contributed by atoms with van der Waals surface area (Å²) >= 11 is 5.93. The van der Waals surface area contributed by atoms with Crippen molar-refractivity contribution < 1.29 is 14.3 Å². The number of nitrogens with zero attached hydrogens (tertiary/aromatic N) is 1. The lowest BCUT2D eigenvalue weighted by atomic mass is 10.1. The van der Waals surface area contributed by atoms with Crippen LogP contribution in [-0.2, 0) is 16.1 Å². The first-order valence-corrected chi connectivity index (χ1v) is 8.52. The average Bonchev–Trinajstić information content (AvgIpc) is 2.61. The van der Waals surface area contributed by atoms with Crippen LogP contribution in [0.15, 0.2) is 42.5 Å². The second-order valence-electron chi connectivity index (χ2n) is 5.90. The molecule has 2 aromatic carbocycles. The summed E-state index contributed by atoms with van der Waals surface area (Å²) in [6.07, 6.45) is -0.172. The lowest BCUT2D eigenvalue weighted by molar-refractivity contribution is -0.125. The SMILES string of the molecule is CCC(=O)Nc1ccc2c(c1)N(Cc1ccc(Cl)cc1)C(=O)C(C)O2. The van der Waals surface area contributed by atoms with Crippen LogP contribution in [0.2, 0.25) is 5.02 Å². The van der Waals surface area contributed by atoms with Gasteiger partial charge in [0.2, 0.25) is 5.91 Å². The fraction of sp³-hybridized carbons (Fsp3) is 0.263. The summed E-state index contributed by atoms with van der Waals surface area (Å²) in [7, 11) is 0. The minimum Gasteiger partial charge on any atom is -0.479 e. The Morgan fingerprint density at radius 2 is 1.96 bits per heavy atom. The number of fused-ring (bicyclic) bond motifs is 1. The molecule has 2 amide bonds. The van der Waals surface area contributed by atoms with Crippen molar-refractivity contribution in [3.05, 3.63) is 53.1 Å². The fourth-order valence-corrected chi connectivity index (χ4v) is 2.80. The van der Waals surface area contributed by atoms with Crippen LogP contribution in [0.25, 0.3) is 0 Å². The van der Waals surface area contributed by atoms with Crippen molar-refractivity contribution in [2.24, 2.45) is 0 Å². The third kappa shape index (κ3) is 3.77. The highest BCUT2D eigenvalue weighted by atomic mass is 35.5. The molecule has 130 valence electrons. The Balaban J connectivity index is 1.94. The van der Waals surface area contributed by atoms with Gasteiger partial charge in [0, 0.05) is 17.1 Å². The zero-order valence-corrected chi connectivity index (χ0v) is 14.8. The molecule has 0 aliphatic carbocycles. The lowest BCUT2D eigenvalue weighted by Crippen LogP contribution is -2.44. The molecule has 1 heterocycles. The van der Waals surface area contributed by atoms with E-state index in [0.717, 1.165) is 5.56 Å². The van der Waals surface area contributed by atoms with Gasteiger partial charge >= 0.3 is 0 Å². The smallest absolute Gasteiger partial charge is 0.268 e. The minimum atomic E-state index is -0.559. The van der Waals surface area contributed by atoms with Gasteiger partial charge in [0.05, 0.1) is 12.2 Å². The second kappa shape index (κ2) is 7.15. The van der Waals surface area contributed by atoms with Crippen molar-refractivity contribution >= 4 is 34.8 Å². The first-order valence-electron chi connectivity index (χ1n) is 8.14. The van der Waals surface area contributed by atoms with Crippen LogP contribution in [-0.4, -0.2) is 17.9 Å². The summed E-state index contributed by atoms with van der Waals surface area (Å²) in [5.74, 6) is 0.414. The van der Waals surface area contributed by atoms with Crippen molar-refractivity contribution in [1.29, 1.82) is 0 Å². The van der Waals surface area contributed by atoms with Crippen molar-refractivity contribution in [3.8, 4) is 5.75 Å². The number of carbonyl (C=O) groups is 2. The molecular formula is C19H19ClN2O3. The molecule has 1 atom stereocenters. The van der Waals surface area contributed by atoms with Gasteiger partial charge in [-0.1, -0.05) is 30.7 Å². The standard InChI is InChI=1S/C19H19ClN2O3/c1-3-18(23)21-15-8-9-17-16(10-15)22(19(24)12(2)25-17)11-13-4-6-14(20)7-5-13/h4-10,12H,3,11H2,1-2H3,(H,21,23). The summed E-state index contributed by atoms with van der Waals surface area (Å²) in [4.78, 5) is 25.9. The maximum Gasteiger partial charge on any atom is 0.268 e. The number of halogens is 1. The van der Waals surface area contributed by atoms with E-state index in [1.54, 1.807) is 49.1 Å². The topological polar surface area (TPSA) is 58.6 Å². The molecule has 0 saturated heterocycles. The Bertz CT molecular complexity index is 805. The van der Waals surface area contributed by atoms with Crippen molar-refractivity contribution in [2.45, 2.75) is 32.9 Å². The van der Waals surface area contributed by atoms with E-state index < -0.39 is 6.10 Å². The molecule has 1 aliphatic rings. The number of hydrogen-bond acceptors (Lipinski definition) is 3. The summed E-state index contributed by atoms with van der Waals surface area (Å²) < 4.78 is 5.69. The van der Waals surface area contributed by atoms with Gasteiger partial charge in [-0.2, -0.15) is 0 Å². The quantitative estimate of drug-likeness (QED) is 0.898. The van der Waals surface area contributed by atoms with Crippen LogP contribution in [0.4, 0.5) is 11.4 Å². The molecule has 25 heavy (non-hydrogen) atoms. The lowest BCUT2D eigenvalue weighted by Gasteiger charge is -2.33. The van der Waals surface area contributed by atoms with Gasteiger partial charge in [-0.05, 0) is 42.8 Å². The summed E-state index contributed by atoms with van der Waals surface area (Å²) in [6.45, 7) is 3.92. The van der Waals surface area contributed by atoms with Gasteiger partial charge in [-0.15, -0.1) is 0 Å². The van der Waals surface area contributed by atoms with E-state index in [1.165, 1.54) is 0 Å². The van der Waals surface area contributed by atoms with Crippen molar-refractivity contribution in [2.75, 3.05) is 10.2 Å². The first-order chi connectivity index (χ1) is 12.0. The highest BCUT2D eigenvalue weighted by molar-refractivity contribution is 6.30. The van der Waals surface area contributed by atoms with Crippen LogP contribution in [0.3, 0.4) is 0 Å². The molecule has 0 radical (unpaired) electrons. The molecule has 5 nitrogen and oxygen atoms in total. The fourth-order valence-electron chi connectivity index (χ4n) is 2.67. The van der Waals surface area contributed by atoms with Crippen LogP contribution in [0, 0.1) is 0 Å². The van der Waals surface area contributed by atoms with E-state index in [9.17, 15) is 9.59 Å². The minimum absolute atomic E-state index is 0.0828. The maximum atomic E-state index is 12.6. The molecule has 1 N–H and O–H groups in total. The largest absolute Gasteiger partial charge is 0.479 e.